The summed E-state index contributed by atoms with van der Waals surface area (Å²) in [7, 11) is 0. The summed E-state index contributed by atoms with van der Waals surface area (Å²) < 4.78 is 0. The van der Waals surface area contributed by atoms with Crippen LogP contribution in [0.5, 0.6) is 0 Å². The molecule has 0 fully saturated rings. The second-order valence-corrected chi connectivity index (χ2v) is 7.12. The van der Waals surface area contributed by atoms with Crippen molar-refractivity contribution in [2.45, 2.75) is 65.5 Å². The van der Waals surface area contributed by atoms with E-state index in [1.165, 1.54) is 0 Å². The zero-order valence-corrected chi connectivity index (χ0v) is 14.1. The van der Waals surface area contributed by atoms with Crippen molar-refractivity contribution in [3.63, 3.8) is 0 Å². The molecule has 0 aliphatic carbocycles. The van der Waals surface area contributed by atoms with Gasteiger partial charge in [0.25, 0.3) is 0 Å². The smallest absolute Gasteiger partial charge is 0.221 e. The van der Waals surface area contributed by atoms with Crippen molar-refractivity contribution in [2.24, 2.45) is 0 Å². The van der Waals surface area contributed by atoms with Crippen LogP contribution >= 0.6 is 11.3 Å². The standard InChI is InChI=1S/C15H27N3OS/c1-6-11(2)17-13(19)7-8-16-9-14-18-12(10-20-14)15(3,4)5/h10-11,16H,6-9H2,1-5H3,(H,17,19). The average Bonchev–Trinajstić information content (AvgIpc) is 2.83. The lowest BCUT2D eigenvalue weighted by atomic mass is 9.93. The number of hydrogen-bond acceptors (Lipinski definition) is 4. The van der Waals surface area contributed by atoms with Gasteiger partial charge in [0.1, 0.15) is 5.01 Å². The van der Waals surface area contributed by atoms with Crippen LogP contribution in [0.15, 0.2) is 5.38 Å². The zero-order valence-electron chi connectivity index (χ0n) is 13.2. The quantitative estimate of drug-likeness (QED) is 0.761. The molecule has 1 aromatic rings. The number of rotatable bonds is 7. The molecule has 0 aliphatic heterocycles. The van der Waals surface area contributed by atoms with Gasteiger partial charge in [-0.15, -0.1) is 11.3 Å². The Bertz CT molecular complexity index is 423. The van der Waals surface area contributed by atoms with Crippen LogP contribution in [0.3, 0.4) is 0 Å². The number of thiazole rings is 1. The lowest BCUT2D eigenvalue weighted by Gasteiger charge is -2.14. The van der Waals surface area contributed by atoms with E-state index in [1.54, 1.807) is 11.3 Å². The highest BCUT2D eigenvalue weighted by Gasteiger charge is 2.17. The topological polar surface area (TPSA) is 54.0 Å². The van der Waals surface area contributed by atoms with E-state index in [0.29, 0.717) is 13.0 Å². The van der Waals surface area contributed by atoms with Crippen LogP contribution in [0.25, 0.3) is 0 Å². The van der Waals surface area contributed by atoms with Gasteiger partial charge in [0.05, 0.1) is 5.69 Å². The summed E-state index contributed by atoms with van der Waals surface area (Å²) in [5, 5.41) is 9.43. The first-order valence-corrected chi connectivity index (χ1v) is 8.16. The molecule has 114 valence electrons. The third-order valence-electron chi connectivity index (χ3n) is 3.14. The molecule has 0 saturated carbocycles. The summed E-state index contributed by atoms with van der Waals surface area (Å²) in [5.41, 5.74) is 1.24. The first kappa shape index (κ1) is 17.1. The van der Waals surface area contributed by atoms with E-state index in [-0.39, 0.29) is 17.4 Å². The lowest BCUT2D eigenvalue weighted by Crippen LogP contribution is -2.33. The molecule has 0 saturated heterocycles. The summed E-state index contributed by atoms with van der Waals surface area (Å²) in [4.78, 5) is 16.2. The van der Waals surface area contributed by atoms with E-state index >= 15 is 0 Å². The molecular weight excluding hydrogens is 270 g/mol. The molecule has 2 N–H and O–H groups in total. The molecule has 0 aromatic carbocycles. The molecule has 1 amide bonds. The van der Waals surface area contributed by atoms with E-state index in [9.17, 15) is 4.79 Å². The maximum absolute atomic E-state index is 11.6. The van der Waals surface area contributed by atoms with E-state index in [4.69, 9.17) is 0 Å². The van der Waals surface area contributed by atoms with Crippen molar-refractivity contribution < 1.29 is 4.79 Å². The van der Waals surface area contributed by atoms with Gasteiger partial charge in [0.2, 0.25) is 5.91 Å². The van der Waals surface area contributed by atoms with Gasteiger partial charge in [-0.2, -0.15) is 0 Å². The predicted octanol–water partition coefficient (Wildman–Crippen LogP) is 2.84. The number of hydrogen-bond donors (Lipinski definition) is 2. The molecule has 5 heteroatoms. The molecule has 0 spiro atoms. The fraction of sp³-hybridized carbons (Fsp3) is 0.733. The van der Waals surface area contributed by atoms with Gasteiger partial charge >= 0.3 is 0 Å². The Morgan fingerprint density at radius 2 is 2.15 bits per heavy atom. The van der Waals surface area contributed by atoms with Crippen LogP contribution < -0.4 is 10.6 Å². The summed E-state index contributed by atoms with van der Waals surface area (Å²) in [6.07, 6.45) is 1.48. The molecular formula is C15H27N3OS. The third-order valence-corrected chi connectivity index (χ3v) is 3.99. The van der Waals surface area contributed by atoms with Gasteiger partial charge in [0.15, 0.2) is 0 Å². The van der Waals surface area contributed by atoms with Crippen molar-refractivity contribution in [1.29, 1.82) is 0 Å². The molecule has 1 rings (SSSR count). The van der Waals surface area contributed by atoms with Crippen LogP contribution in [0.1, 0.15) is 58.2 Å². The van der Waals surface area contributed by atoms with Crippen LogP contribution in [0.2, 0.25) is 0 Å². The highest BCUT2D eigenvalue weighted by molar-refractivity contribution is 7.09. The summed E-state index contributed by atoms with van der Waals surface area (Å²) >= 11 is 1.68. The third kappa shape index (κ3) is 6.01. The van der Waals surface area contributed by atoms with E-state index < -0.39 is 0 Å². The van der Waals surface area contributed by atoms with Crippen molar-refractivity contribution in [3.05, 3.63) is 16.1 Å². The van der Waals surface area contributed by atoms with Gasteiger partial charge < -0.3 is 10.6 Å². The monoisotopic (exact) mass is 297 g/mol. The highest BCUT2D eigenvalue weighted by Crippen LogP contribution is 2.23. The Labute approximate surface area is 126 Å². The Balaban J connectivity index is 2.25. The number of carbonyl (C=O) groups is 1. The second-order valence-electron chi connectivity index (χ2n) is 6.18. The number of amides is 1. The minimum Gasteiger partial charge on any atom is -0.354 e. The molecule has 0 bridgehead atoms. The number of nitrogens with one attached hydrogen (secondary N) is 2. The summed E-state index contributed by atoms with van der Waals surface area (Å²) in [6, 6.07) is 0.260. The normalized spacial score (nSPS) is 13.2. The fourth-order valence-corrected chi connectivity index (χ4v) is 2.57. The molecule has 4 nitrogen and oxygen atoms in total. The van der Waals surface area contributed by atoms with Gasteiger partial charge in [-0.1, -0.05) is 27.7 Å². The van der Waals surface area contributed by atoms with Gasteiger partial charge in [-0.3, -0.25) is 4.79 Å². The van der Waals surface area contributed by atoms with E-state index in [0.717, 1.165) is 23.7 Å². The second kappa shape index (κ2) is 7.74. The molecule has 0 radical (unpaired) electrons. The molecule has 20 heavy (non-hydrogen) atoms. The van der Waals surface area contributed by atoms with E-state index in [1.807, 2.05) is 6.92 Å². The molecule has 0 aliphatic rings. The maximum atomic E-state index is 11.6. The first-order valence-electron chi connectivity index (χ1n) is 7.28. The molecule has 1 unspecified atom stereocenters. The van der Waals surface area contributed by atoms with Crippen molar-refractivity contribution >= 4 is 17.2 Å². The van der Waals surface area contributed by atoms with Crippen molar-refractivity contribution in [3.8, 4) is 0 Å². The van der Waals surface area contributed by atoms with Crippen molar-refractivity contribution in [1.82, 2.24) is 15.6 Å². The maximum Gasteiger partial charge on any atom is 0.221 e. The lowest BCUT2D eigenvalue weighted by molar-refractivity contribution is -0.121. The number of carbonyl (C=O) groups excluding carboxylic acids is 1. The summed E-state index contributed by atoms with van der Waals surface area (Å²) in [6.45, 7) is 12.0. The number of aromatic nitrogens is 1. The average molecular weight is 297 g/mol. The largest absolute Gasteiger partial charge is 0.354 e. The van der Waals surface area contributed by atoms with Crippen LogP contribution in [0, 0.1) is 0 Å². The Morgan fingerprint density at radius 1 is 1.45 bits per heavy atom. The molecule has 1 aromatic heterocycles. The van der Waals surface area contributed by atoms with Crippen LogP contribution in [0.4, 0.5) is 0 Å². The fourth-order valence-electron chi connectivity index (χ4n) is 1.58. The molecule has 1 heterocycles. The minimum absolute atomic E-state index is 0.102. The Hall–Kier alpha value is -0.940. The summed E-state index contributed by atoms with van der Waals surface area (Å²) in [5.74, 6) is 0.112. The van der Waals surface area contributed by atoms with Crippen molar-refractivity contribution in [2.75, 3.05) is 6.54 Å². The predicted molar refractivity (Wildman–Crippen MR) is 85.0 cm³/mol. The van der Waals surface area contributed by atoms with Crippen LogP contribution in [-0.2, 0) is 16.8 Å². The first-order chi connectivity index (χ1) is 9.32. The zero-order chi connectivity index (χ0) is 15.2. The van der Waals surface area contributed by atoms with Gasteiger partial charge in [-0.05, 0) is 13.3 Å². The SMILES string of the molecule is CCC(C)NC(=O)CCNCc1nc(C(C)(C)C)cs1. The van der Waals surface area contributed by atoms with Gasteiger partial charge in [0, 0.05) is 36.3 Å². The Morgan fingerprint density at radius 3 is 2.70 bits per heavy atom. The van der Waals surface area contributed by atoms with Gasteiger partial charge in [-0.25, -0.2) is 4.98 Å². The number of nitrogens with zero attached hydrogens (tertiary/aromatic N) is 1. The minimum atomic E-state index is 0.102. The van der Waals surface area contributed by atoms with Crippen LogP contribution in [-0.4, -0.2) is 23.5 Å². The molecule has 1 atom stereocenters. The highest BCUT2D eigenvalue weighted by atomic mass is 32.1. The Kier molecular flexibility index (Phi) is 6.62. The van der Waals surface area contributed by atoms with E-state index in [2.05, 4.69) is 48.7 Å².